The van der Waals surface area contributed by atoms with Crippen molar-refractivity contribution < 1.29 is 29.0 Å². The third-order valence-corrected chi connectivity index (χ3v) is 3.58. The second-order valence-corrected chi connectivity index (χ2v) is 5.11. The number of allylic oxidation sites excluding steroid dienone is 1. The molecule has 0 aliphatic carbocycles. The van der Waals surface area contributed by atoms with Gasteiger partial charge in [-0.15, -0.1) is 0 Å². The van der Waals surface area contributed by atoms with E-state index in [1.165, 1.54) is 25.3 Å². The number of carbonyl (C=O) groups excluding carboxylic acids is 1. The highest BCUT2D eigenvalue weighted by atomic mass is 16.7. The Morgan fingerprint density at radius 3 is 2.76 bits per heavy atom. The van der Waals surface area contributed by atoms with Crippen molar-refractivity contribution in [3.8, 4) is 23.0 Å². The number of ketones is 1. The number of hydrogen-bond donors (Lipinski definition) is 1. The third-order valence-electron chi connectivity index (χ3n) is 3.58. The van der Waals surface area contributed by atoms with Crippen molar-refractivity contribution in [1.29, 1.82) is 0 Å². The summed E-state index contributed by atoms with van der Waals surface area (Å²) in [5.74, 6) is 0.129. The summed E-state index contributed by atoms with van der Waals surface area (Å²) in [6, 6.07) is 7.35. The van der Waals surface area contributed by atoms with Crippen molar-refractivity contribution in [3.63, 3.8) is 0 Å². The highest BCUT2D eigenvalue weighted by Crippen LogP contribution is 2.37. The largest absolute Gasteiger partial charge is 0.500 e. The molecular weight excluding hydrogens is 330 g/mol. The van der Waals surface area contributed by atoms with Gasteiger partial charge in [-0.05, 0) is 35.9 Å². The van der Waals surface area contributed by atoms with E-state index in [0.717, 1.165) is 6.07 Å². The first-order chi connectivity index (χ1) is 12.0. The normalized spacial score (nSPS) is 12.4. The fraction of sp³-hybridized carbons (Fsp3) is 0.118. The molecule has 1 N–H and O–H groups in total. The molecule has 0 amide bonds. The molecule has 0 aromatic heterocycles. The maximum atomic E-state index is 12.3. The fourth-order valence-electron chi connectivity index (χ4n) is 2.32. The Bertz CT molecular complexity index is 889. The Labute approximate surface area is 142 Å². The lowest BCUT2D eigenvalue weighted by Gasteiger charge is -2.05. The molecule has 2 aromatic rings. The van der Waals surface area contributed by atoms with Crippen LogP contribution in [0.15, 0.2) is 36.4 Å². The monoisotopic (exact) mass is 343 g/mol. The Hall–Kier alpha value is -3.55. The molecule has 1 aliphatic heterocycles. The van der Waals surface area contributed by atoms with E-state index in [2.05, 4.69) is 0 Å². The Morgan fingerprint density at radius 1 is 1.28 bits per heavy atom. The van der Waals surface area contributed by atoms with Gasteiger partial charge in [0.1, 0.15) is 0 Å². The lowest BCUT2D eigenvalue weighted by atomic mass is 10.1. The summed E-state index contributed by atoms with van der Waals surface area (Å²) in [7, 11) is 1.28. The van der Waals surface area contributed by atoms with Gasteiger partial charge in [0.05, 0.1) is 12.0 Å². The number of methoxy groups -OCH3 is 1. The molecule has 1 heterocycles. The zero-order valence-electron chi connectivity index (χ0n) is 13.1. The van der Waals surface area contributed by atoms with Crippen LogP contribution in [-0.2, 0) is 0 Å². The van der Waals surface area contributed by atoms with Gasteiger partial charge in [0.2, 0.25) is 12.5 Å². The molecule has 0 saturated carbocycles. The zero-order chi connectivity index (χ0) is 18.0. The van der Waals surface area contributed by atoms with E-state index in [9.17, 15) is 20.0 Å². The van der Waals surface area contributed by atoms with Crippen molar-refractivity contribution >= 4 is 17.5 Å². The summed E-state index contributed by atoms with van der Waals surface area (Å²) in [4.78, 5) is 22.5. The van der Waals surface area contributed by atoms with Crippen LogP contribution in [0.2, 0.25) is 0 Å². The van der Waals surface area contributed by atoms with E-state index in [-0.39, 0.29) is 18.3 Å². The van der Waals surface area contributed by atoms with Gasteiger partial charge in [-0.3, -0.25) is 14.9 Å². The van der Waals surface area contributed by atoms with Crippen molar-refractivity contribution in [1.82, 2.24) is 0 Å². The molecule has 0 saturated heterocycles. The van der Waals surface area contributed by atoms with Crippen LogP contribution in [0, 0.1) is 10.1 Å². The van der Waals surface area contributed by atoms with Crippen molar-refractivity contribution in [2.24, 2.45) is 0 Å². The quantitative estimate of drug-likeness (QED) is 0.385. The van der Waals surface area contributed by atoms with E-state index in [1.807, 2.05) is 0 Å². The number of nitro benzene ring substituents is 1. The van der Waals surface area contributed by atoms with Gasteiger partial charge in [-0.2, -0.15) is 0 Å². The maximum absolute atomic E-state index is 12.3. The fourth-order valence-corrected chi connectivity index (χ4v) is 2.32. The summed E-state index contributed by atoms with van der Waals surface area (Å²) in [5.41, 5.74) is 0.228. The Kier molecular flexibility index (Phi) is 4.25. The van der Waals surface area contributed by atoms with Gasteiger partial charge in [0.15, 0.2) is 23.0 Å². The van der Waals surface area contributed by atoms with Gasteiger partial charge >= 0.3 is 5.69 Å². The van der Waals surface area contributed by atoms with Crippen molar-refractivity contribution in [2.75, 3.05) is 13.9 Å². The molecule has 0 bridgehead atoms. The number of fused-ring (bicyclic) bond motifs is 1. The number of aromatic hydroxyl groups is 1. The minimum atomic E-state index is -0.727. The number of rotatable bonds is 5. The molecule has 0 radical (unpaired) electrons. The number of ether oxygens (including phenoxy) is 3. The summed E-state index contributed by atoms with van der Waals surface area (Å²) in [6.07, 6.45) is 2.68. The van der Waals surface area contributed by atoms with Crippen LogP contribution >= 0.6 is 0 Å². The number of phenols is 1. The molecule has 0 fully saturated rings. The van der Waals surface area contributed by atoms with Crippen LogP contribution in [-0.4, -0.2) is 29.7 Å². The van der Waals surface area contributed by atoms with E-state index in [1.54, 1.807) is 18.2 Å². The number of nitro groups is 1. The zero-order valence-corrected chi connectivity index (χ0v) is 13.1. The van der Waals surface area contributed by atoms with Gasteiger partial charge in [0.25, 0.3) is 0 Å². The summed E-state index contributed by atoms with van der Waals surface area (Å²) in [6.45, 7) is 0.111. The number of hydrogen-bond acceptors (Lipinski definition) is 7. The molecule has 0 spiro atoms. The molecular formula is C17H13NO7. The molecule has 2 aromatic carbocycles. The average molecular weight is 343 g/mol. The number of carbonyl (C=O) groups is 1. The predicted octanol–water partition coefficient (Wildman–Crippen LogP) is 2.93. The Balaban J connectivity index is 1.87. The van der Waals surface area contributed by atoms with Gasteiger partial charge in [-0.1, -0.05) is 6.08 Å². The van der Waals surface area contributed by atoms with Crippen LogP contribution in [0.1, 0.15) is 15.9 Å². The summed E-state index contributed by atoms with van der Waals surface area (Å²) in [5, 5.41) is 20.7. The average Bonchev–Trinajstić information content (AvgIpc) is 3.07. The van der Waals surface area contributed by atoms with Crippen LogP contribution in [0.4, 0.5) is 5.69 Å². The van der Waals surface area contributed by atoms with E-state index >= 15 is 0 Å². The van der Waals surface area contributed by atoms with E-state index < -0.39 is 16.4 Å². The van der Waals surface area contributed by atoms with Crippen LogP contribution < -0.4 is 14.2 Å². The standard InChI is InChI=1S/C17H13NO7/c1-23-16-7-10(6-12(17(16)20)18(21)22)2-4-13(19)11-3-5-14-15(8-11)25-9-24-14/h2-8,20H,9H2,1H3/b4-2+. The first-order valence-corrected chi connectivity index (χ1v) is 7.17. The molecule has 8 heteroatoms. The molecule has 25 heavy (non-hydrogen) atoms. The molecule has 3 rings (SSSR count). The van der Waals surface area contributed by atoms with E-state index in [4.69, 9.17) is 14.2 Å². The molecule has 1 aliphatic rings. The lowest BCUT2D eigenvalue weighted by Crippen LogP contribution is -1.95. The number of phenolic OH excluding ortho intramolecular Hbond substituents is 1. The van der Waals surface area contributed by atoms with Crippen LogP contribution in [0.25, 0.3) is 6.08 Å². The van der Waals surface area contributed by atoms with E-state index in [0.29, 0.717) is 22.6 Å². The second kappa shape index (κ2) is 6.52. The minimum Gasteiger partial charge on any atom is -0.500 e. The predicted molar refractivity (Wildman–Crippen MR) is 87.2 cm³/mol. The highest BCUT2D eigenvalue weighted by Gasteiger charge is 2.19. The van der Waals surface area contributed by atoms with Crippen molar-refractivity contribution in [2.45, 2.75) is 0 Å². The van der Waals surface area contributed by atoms with Gasteiger partial charge < -0.3 is 19.3 Å². The second-order valence-electron chi connectivity index (χ2n) is 5.11. The highest BCUT2D eigenvalue weighted by molar-refractivity contribution is 6.07. The first-order valence-electron chi connectivity index (χ1n) is 7.17. The van der Waals surface area contributed by atoms with Crippen LogP contribution in [0.5, 0.6) is 23.0 Å². The topological polar surface area (TPSA) is 108 Å². The summed E-state index contributed by atoms with van der Waals surface area (Å²) >= 11 is 0. The SMILES string of the molecule is COc1cc(/C=C/C(=O)c2ccc3c(c2)OCO3)cc([N+](=O)[O-])c1O. The maximum Gasteiger partial charge on any atom is 0.315 e. The van der Waals surface area contributed by atoms with Crippen LogP contribution in [0.3, 0.4) is 0 Å². The minimum absolute atomic E-state index is 0.0515. The van der Waals surface area contributed by atoms with Crippen molar-refractivity contribution in [3.05, 3.63) is 57.6 Å². The smallest absolute Gasteiger partial charge is 0.315 e. The molecule has 0 atom stereocenters. The number of benzene rings is 2. The third kappa shape index (κ3) is 3.23. The summed E-state index contributed by atoms with van der Waals surface area (Å²) < 4.78 is 15.3. The first kappa shape index (κ1) is 16.3. The molecule has 8 nitrogen and oxygen atoms in total. The molecule has 128 valence electrons. The lowest BCUT2D eigenvalue weighted by molar-refractivity contribution is -0.386. The number of nitrogens with zero attached hydrogens (tertiary/aromatic N) is 1. The van der Waals surface area contributed by atoms with Gasteiger partial charge in [0, 0.05) is 11.6 Å². The molecule has 0 unspecified atom stereocenters. The Morgan fingerprint density at radius 2 is 2.04 bits per heavy atom. The van der Waals surface area contributed by atoms with Gasteiger partial charge in [-0.25, -0.2) is 0 Å².